The van der Waals surface area contributed by atoms with E-state index in [-0.39, 0.29) is 0 Å². The highest BCUT2D eigenvalue weighted by Crippen LogP contribution is 2.29. The number of aliphatic hydroxyl groups excluding tert-OH is 1. The minimum atomic E-state index is -0.681. The molecule has 0 aliphatic heterocycles. The smallest absolute Gasteiger partial charge is 0.130 e. The highest BCUT2D eigenvalue weighted by Gasteiger charge is 2.18. The molecule has 0 amide bonds. The van der Waals surface area contributed by atoms with Gasteiger partial charge in [0, 0.05) is 24.1 Å². The Kier molecular flexibility index (Phi) is 3.95. The minimum absolute atomic E-state index is 0.405. The number of aryl methyl sites for hydroxylation is 2. The number of hydrogen-bond acceptors (Lipinski definition) is 2. The molecule has 5 heteroatoms. The van der Waals surface area contributed by atoms with Crippen molar-refractivity contribution >= 4 is 23.2 Å². The lowest BCUT2D eigenvalue weighted by Crippen LogP contribution is -2.03. The summed E-state index contributed by atoms with van der Waals surface area (Å²) in [6.45, 7) is 1.88. The van der Waals surface area contributed by atoms with Crippen LogP contribution in [0.5, 0.6) is 0 Å². The molecule has 3 nitrogen and oxygen atoms in total. The third-order valence-corrected chi connectivity index (χ3v) is 3.75. The number of rotatable bonds is 3. The van der Waals surface area contributed by atoms with E-state index in [4.69, 9.17) is 23.2 Å². The monoisotopic (exact) mass is 284 g/mol. The molecular weight excluding hydrogens is 271 g/mol. The molecule has 18 heavy (non-hydrogen) atoms. The molecule has 1 N–H and O–H groups in total. The average Bonchev–Trinajstić information content (AvgIpc) is 2.56. The molecule has 0 spiro atoms. The Morgan fingerprint density at radius 3 is 2.56 bits per heavy atom. The summed E-state index contributed by atoms with van der Waals surface area (Å²) in [5, 5.41) is 15.6. The fourth-order valence-electron chi connectivity index (χ4n) is 1.95. The summed E-state index contributed by atoms with van der Waals surface area (Å²) in [6.07, 6.45) is -0.276. The Morgan fingerprint density at radius 1 is 1.33 bits per heavy atom. The zero-order valence-corrected chi connectivity index (χ0v) is 11.7. The second kappa shape index (κ2) is 5.31. The zero-order valence-electron chi connectivity index (χ0n) is 10.2. The zero-order chi connectivity index (χ0) is 13.3. The second-order valence-electron chi connectivity index (χ2n) is 4.22. The number of nitrogens with zero attached hydrogens (tertiary/aromatic N) is 2. The van der Waals surface area contributed by atoms with Gasteiger partial charge < -0.3 is 5.11 Å². The number of hydrogen-bond donors (Lipinski definition) is 1. The van der Waals surface area contributed by atoms with Gasteiger partial charge in [0.05, 0.1) is 11.8 Å². The Hall–Kier alpha value is -1.03. The first-order valence-electron chi connectivity index (χ1n) is 5.61. The summed E-state index contributed by atoms with van der Waals surface area (Å²) >= 11 is 12.2. The largest absolute Gasteiger partial charge is 0.388 e. The third-order valence-electron chi connectivity index (χ3n) is 2.93. The van der Waals surface area contributed by atoms with Gasteiger partial charge in [-0.05, 0) is 18.6 Å². The van der Waals surface area contributed by atoms with Crippen molar-refractivity contribution in [3.8, 4) is 0 Å². The molecule has 2 rings (SSSR count). The van der Waals surface area contributed by atoms with Gasteiger partial charge in [-0.25, -0.2) is 0 Å². The lowest BCUT2D eigenvalue weighted by atomic mass is 10.0. The van der Waals surface area contributed by atoms with Crippen molar-refractivity contribution in [2.45, 2.75) is 19.4 Å². The lowest BCUT2D eigenvalue weighted by molar-refractivity contribution is 0.178. The van der Waals surface area contributed by atoms with Gasteiger partial charge in [-0.3, -0.25) is 4.68 Å². The van der Waals surface area contributed by atoms with Crippen molar-refractivity contribution in [1.82, 2.24) is 9.78 Å². The van der Waals surface area contributed by atoms with Gasteiger partial charge in [0.25, 0.3) is 0 Å². The molecule has 1 atom stereocenters. The number of halogens is 2. The first-order valence-corrected chi connectivity index (χ1v) is 6.36. The van der Waals surface area contributed by atoms with Gasteiger partial charge >= 0.3 is 0 Å². The summed E-state index contributed by atoms with van der Waals surface area (Å²) in [7, 11) is 1.78. The second-order valence-corrected chi connectivity index (χ2v) is 4.99. The van der Waals surface area contributed by atoms with Gasteiger partial charge in [0.2, 0.25) is 0 Å². The predicted molar refractivity (Wildman–Crippen MR) is 73.1 cm³/mol. The standard InChI is InChI=1S/C13H14Cl2N2O/c1-8-10(13(15)17(2)16-8)7-12(18)9-5-3-4-6-11(9)14/h3-6,12,18H,7H2,1-2H3. The Labute approximate surface area is 116 Å². The number of aliphatic hydroxyl groups is 1. The molecule has 0 fully saturated rings. The fourth-order valence-corrected chi connectivity index (χ4v) is 2.47. The summed E-state index contributed by atoms with van der Waals surface area (Å²) in [6, 6.07) is 7.26. The summed E-state index contributed by atoms with van der Waals surface area (Å²) in [4.78, 5) is 0. The van der Waals surface area contributed by atoms with E-state index in [0.717, 1.165) is 11.3 Å². The maximum atomic E-state index is 10.2. The molecule has 1 aromatic heterocycles. The Morgan fingerprint density at radius 2 is 2.00 bits per heavy atom. The summed E-state index contributed by atoms with van der Waals surface area (Å²) in [5.74, 6) is 0. The molecule has 1 unspecified atom stereocenters. The van der Waals surface area contributed by atoms with Gasteiger partial charge in [0.1, 0.15) is 5.15 Å². The van der Waals surface area contributed by atoms with Crippen LogP contribution in [0.1, 0.15) is 22.9 Å². The quantitative estimate of drug-likeness (QED) is 0.939. The van der Waals surface area contributed by atoms with Crippen LogP contribution in [0.3, 0.4) is 0 Å². The van der Waals surface area contributed by atoms with Crippen LogP contribution in [-0.4, -0.2) is 14.9 Å². The fraction of sp³-hybridized carbons (Fsp3) is 0.308. The van der Waals surface area contributed by atoms with Crippen molar-refractivity contribution < 1.29 is 5.11 Å². The third kappa shape index (κ3) is 2.53. The van der Waals surface area contributed by atoms with E-state index in [2.05, 4.69) is 5.10 Å². The normalized spacial score (nSPS) is 12.7. The summed E-state index contributed by atoms with van der Waals surface area (Å²) in [5.41, 5.74) is 2.39. The predicted octanol–water partition coefficient (Wildman–Crippen LogP) is 3.31. The molecule has 0 radical (unpaired) electrons. The first-order chi connectivity index (χ1) is 8.50. The van der Waals surface area contributed by atoms with E-state index in [0.29, 0.717) is 22.2 Å². The van der Waals surface area contributed by atoms with E-state index >= 15 is 0 Å². The Bertz CT molecular complexity index is 566. The molecule has 0 saturated heterocycles. The molecule has 0 aliphatic rings. The molecule has 1 heterocycles. The van der Waals surface area contributed by atoms with Gasteiger partial charge in [-0.1, -0.05) is 41.4 Å². The molecule has 0 bridgehead atoms. The maximum Gasteiger partial charge on any atom is 0.130 e. The van der Waals surface area contributed by atoms with Crippen LogP contribution in [0.2, 0.25) is 10.2 Å². The van der Waals surface area contributed by atoms with E-state index in [9.17, 15) is 5.11 Å². The van der Waals surface area contributed by atoms with Crippen LogP contribution >= 0.6 is 23.2 Å². The molecule has 96 valence electrons. The van der Waals surface area contributed by atoms with Crippen molar-refractivity contribution in [2.24, 2.45) is 7.05 Å². The van der Waals surface area contributed by atoms with Gasteiger partial charge in [0.15, 0.2) is 0 Å². The van der Waals surface area contributed by atoms with E-state index in [1.807, 2.05) is 25.1 Å². The van der Waals surface area contributed by atoms with Crippen molar-refractivity contribution in [3.05, 3.63) is 51.3 Å². The van der Waals surface area contributed by atoms with Crippen molar-refractivity contribution in [2.75, 3.05) is 0 Å². The number of benzene rings is 1. The van der Waals surface area contributed by atoms with Crippen LogP contribution in [-0.2, 0) is 13.5 Å². The summed E-state index contributed by atoms with van der Waals surface area (Å²) < 4.78 is 1.60. The van der Waals surface area contributed by atoms with Crippen molar-refractivity contribution in [1.29, 1.82) is 0 Å². The SMILES string of the molecule is Cc1nn(C)c(Cl)c1CC(O)c1ccccc1Cl. The van der Waals surface area contributed by atoms with Crippen LogP contribution in [0.15, 0.2) is 24.3 Å². The number of aromatic nitrogens is 2. The maximum absolute atomic E-state index is 10.2. The van der Waals surface area contributed by atoms with E-state index in [1.165, 1.54) is 0 Å². The average molecular weight is 285 g/mol. The minimum Gasteiger partial charge on any atom is -0.388 e. The molecular formula is C13H14Cl2N2O. The van der Waals surface area contributed by atoms with Crippen molar-refractivity contribution in [3.63, 3.8) is 0 Å². The Balaban J connectivity index is 2.27. The van der Waals surface area contributed by atoms with Crippen LogP contribution in [0.25, 0.3) is 0 Å². The highest BCUT2D eigenvalue weighted by molar-refractivity contribution is 6.31. The molecule has 2 aromatic rings. The molecule has 0 saturated carbocycles. The van der Waals surface area contributed by atoms with E-state index < -0.39 is 6.10 Å². The highest BCUT2D eigenvalue weighted by atomic mass is 35.5. The van der Waals surface area contributed by atoms with Crippen LogP contribution in [0, 0.1) is 6.92 Å². The molecule has 1 aromatic carbocycles. The topological polar surface area (TPSA) is 38.0 Å². The van der Waals surface area contributed by atoms with Crippen LogP contribution in [0.4, 0.5) is 0 Å². The first kappa shape index (κ1) is 13.4. The lowest BCUT2D eigenvalue weighted by Gasteiger charge is -2.12. The van der Waals surface area contributed by atoms with Gasteiger partial charge in [-0.15, -0.1) is 0 Å². The van der Waals surface area contributed by atoms with E-state index in [1.54, 1.807) is 17.8 Å². The van der Waals surface area contributed by atoms with Gasteiger partial charge in [-0.2, -0.15) is 5.10 Å². The molecule has 0 aliphatic carbocycles. The van der Waals surface area contributed by atoms with Crippen LogP contribution < -0.4 is 0 Å².